The van der Waals surface area contributed by atoms with Crippen molar-refractivity contribution in [2.75, 3.05) is 24.7 Å². The number of anilines is 1. The molecule has 0 atom stereocenters. The third-order valence-corrected chi connectivity index (χ3v) is 7.19. The normalized spacial score (nSPS) is 13.4. The first-order valence-corrected chi connectivity index (χ1v) is 12.7. The van der Waals surface area contributed by atoms with E-state index in [-0.39, 0.29) is 16.6 Å². The van der Waals surface area contributed by atoms with Gasteiger partial charge in [0.25, 0.3) is 10.0 Å². The molecule has 3 aromatic rings. The van der Waals surface area contributed by atoms with Crippen LogP contribution in [0.1, 0.15) is 12.8 Å². The highest BCUT2D eigenvalue weighted by atomic mass is 32.2. The summed E-state index contributed by atoms with van der Waals surface area (Å²) in [4.78, 5) is 21.0. The Morgan fingerprint density at radius 2 is 2.03 bits per heavy atom. The van der Waals surface area contributed by atoms with Crippen LogP contribution < -0.4 is 14.8 Å². The molecule has 0 spiro atoms. The molecule has 1 aliphatic rings. The van der Waals surface area contributed by atoms with E-state index in [1.54, 1.807) is 25.4 Å². The smallest absolute Gasteiger partial charge is 0.262 e. The molecule has 11 heteroatoms. The Morgan fingerprint density at radius 1 is 1.21 bits per heavy atom. The van der Waals surface area contributed by atoms with Gasteiger partial charge in [-0.25, -0.2) is 13.4 Å². The zero-order chi connectivity index (χ0) is 23.3. The molecule has 1 amide bonds. The average Bonchev–Trinajstić information content (AvgIpc) is 3.50. The van der Waals surface area contributed by atoms with Gasteiger partial charge >= 0.3 is 0 Å². The molecular weight excluding hydrogens is 462 g/mol. The molecule has 9 nitrogen and oxygen atoms in total. The van der Waals surface area contributed by atoms with Gasteiger partial charge in [0.15, 0.2) is 5.16 Å². The predicted octanol–water partition coefficient (Wildman–Crippen LogP) is 3.08. The van der Waals surface area contributed by atoms with Crippen LogP contribution in [-0.2, 0) is 14.8 Å². The number of rotatable bonds is 8. The standard InChI is InChI=1S/C22H23N5O4S2/c1-31-18-9-7-17(8-10-18)27-13-12-24-22(27)32-15-21(28)25-16-4-2-5-19(14-16)33(29,30)26-20-6-3-11-23-20/h2,4-5,7-10,12-14H,3,6,11,15H2,1H3,(H,23,26)(H,25,28). The van der Waals surface area contributed by atoms with Crippen LogP contribution in [0, 0.1) is 0 Å². The quantitative estimate of drug-likeness (QED) is 0.474. The van der Waals surface area contributed by atoms with Crippen molar-refractivity contribution in [1.82, 2.24) is 14.3 Å². The molecule has 0 saturated heterocycles. The summed E-state index contributed by atoms with van der Waals surface area (Å²) in [5.74, 6) is 1.06. The number of carbonyl (C=O) groups is 1. The molecule has 172 valence electrons. The number of aliphatic imine (C=N–C) groups is 1. The fraction of sp³-hybridized carbons (Fsp3) is 0.227. The minimum absolute atomic E-state index is 0.0672. The van der Waals surface area contributed by atoms with E-state index >= 15 is 0 Å². The first-order valence-electron chi connectivity index (χ1n) is 10.2. The maximum Gasteiger partial charge on any atom is 0.262 e. The first-order chi connectivity index (χ1) is 15.9. The maximum atomic E-state index is 12.6. The van der Waals surface area contributed by atoms with Crippen LogP contribution in [-0.4, -0.2) is 49.1 Å². The minimum atomic E-state index is -3.75. The van der Waals surface area contributed by atoms with E-state index < -0.39 is 10.0 Å². The number of thioether (sulfide) groups is 1. The summed E-state index contributed by atoms with van der Waals surface area (Å²) in [5.41, 5.74) is 1.30. The Balaban J connectivity index is 1.38. The largest absolute Gasteiger partial charge is 0.497 e. The maximum absolute atomic E-state index is 12.6. The molecule has 2 N–H and O–H groups in total. The minimum Gasteiger partial charge on any atom is -0.497 e. The molecule has 2 aromatic carbocycles. The van der Waals surface area contributed by atoms with E-state index in [1.807, 2.05) is 35.0 Å². The molecule has 2 heterocycles. The zero-order valence-electron chi connectivity index (χ0n) is 17.9. The van der Waals surface area contributed by atoms with Crippen LogP contribution in [0.15, 0.2) is 76.0 Å². The van der Waals surface area contributed by atoms with Gasteiger partial charge in [-0.05, 0) is 48.9 Å². The van der Waals surface area contributed by atoms with Crippen molar-refractivity contribution in [3.8, 4) is 11.4 Å². The lowest BCUT2D eigenvalue weighted by molar-refractivity contribution is -0.113. The van der Waals surface area contributed by atoms with Crippen LogP contribution in [0.3, 0.4) is 0 Å². The van der Waals surface area contributed by atoms with E-state index in [2.05, 4.69) is 20.0 Å². The molecule has 1 aromatic heterocycles. The van der Waals surface area contributed by atoms with Crippen LogP contribution in [0.2, 0.25) is 0 Å². The average molecular weight is 486 g/mol. The number of nitrogens with one attached hydrogen (secondary N) is 2. The number of aromatic nitrogens is 2. The summed E-state index contributed by atoms with van der Waals surface area (Å²) in [6.45, 7) is 0.627. The number of amides is 1. The Bertz CT molecular complexity index is 1270. The summed E-state index contributed by atoms with van der Waals surface area (Å²) in [6, 6.07) is 13.7. The van der Waals surface area contributed by atoms with Crippen molar-refractivity contribution < 1.29 is 17.9 Å². The highest BCUT2D eigenvalue weighted by Crippen LogP contribution is 2.23. The molecule has 0 fully saturated rings. The van der Waals surface area contributed by atoms with E-state index in [0.717, 1.165) is 17.9 Å². The fourth-order valence-electron chi connectivity index (χ4n) is 3.24. The van der Waals surface area contributed by atoms with Crippen LogP contribution >= 0.6 is 11.8 Å². The van der Waals surface area contributed by atoms with Crippen molar-refractivity contribution in [1.29, 1.82) is 0 Å². The van der Waals surface area contributed by atoms with Crippen molar-refractivity contribution in [3.63, 3.8) is 0 Å². The third-order valence-electron chi connectivity index (χ3n) is 4.84. The molecule has 0 radical (unpaired) electrons. The van der Waals surface area contributed by atoms with Gasteiger partial charge in [-0.1, -0.05) is 17.8 Å². The van der Waals surface area contributed by atoms with Gasteiger partial charge in [0.2, 0.25) is 5.91 Å². The molecule has 0 unspecified atom stereocenters. The van der Waals surface area contributed by atoms with Gasteiger partial charge in [-0.2, -0.15) is 0 Å². The number of amidine groups is 1. The highest BCUT2D eigenvalue weighted by Gasteiger charge is 2.19. The lowest BCUT2D eigenvalue weighted by Gasteiger charge is -2.11. The topological polar surface area (TPSA) is 115 Å². The molecule has 0 bridgehead atoms. The SMILES string of the molecule is COc1ccc(-n2ccnc2SCC(=O)Nc2cccc(S(=O)(=O)NC3=NCCC3)c2)cc1. The molecule has 0 saturated carbocycles. The van der Waals surface area contributed by atoms with Gasteiger partial charge in [-0.15, -0.1) is 0 Å². The number of sulfonamides is 1. The molecule has 1 aliphatic heterocycles. The van der Waals surface area contributed by atoms with Crippen molar-refractivity contribution >= 4 is 39.2 Å². The number of methoxy groups -OCH3 is 1. The van der Waals surface area contributed by atoms with E-state index in [0.29, 0.717) is 29.6 Å². The van der Waals surface area contributed by atoms with Gasteiger partial charge in [0.05, 0.1) is 17.8 Å². The van der Waals surface area contributed by atoms with Gasteiger partial charge in [0.1, 0.15) is 11.6 Å². The Hall–Kier alpha value is -3.31. The predicted molar refractivity (Wildman–Crippen MR) is 128 cm³/mol. The Morgan fingerprint density at radius 3 is 2.76 bits per heavy atom. The summed E-state index contributed by atoms with van der Waals surface area (Å²) in [7, 11) is -2.14. The summed E-state index contributed by atoms with van der Waals surface area (Å²) in [5, 5.41) is 3.41. The lowest BCUT2D eigenvalue weighted by atomic mass is 10.3. The number of ether oxygens (including phenoxy) is 1. The second-order valence-electron chi connectivity index (χ2n) is 7.18. The fourth-order valence-corrected chi connectivity index (χ4v) is 5.15. The summed E-state index contributed by atoms with van der Waals surface area (Å²) < 4.78 is 34.8. The van der Waals surface area contributed by atoms with E-state index in [1.165, 1.54) is 23.9 Å². The molecule has 33 heavy (non-hydrogen) atoms. The lowest BCUT2D eigenvalue weighted by Crippen LogP contribution is -2.29. The number of nitrogens with zero attached hydrogens (tertiary/aromatic N) is 3. The van der Waals surface area contributed by atoms with Gasteiger partial charge in [0, 0.05) is 36.7 Å². The monoisotopic (exact) mass is 485 g/mol. The van der Waals surface area contributed by atoms with E-state index in [4.69, 9.17) is 4.74 Å². The summed E-state index contributed by atoms with van der Waals surface area (Å²) >= 11 is 1.28. The van der Waals surface area contributed by atoms with Crippen molar-refractivity contribution in [2.45, 2.75) is 22.9 Å². The Labute approximate surface area is 196 Å². The van der Waals surface area contributed by atoms with Crippen molar-refractivity contribution in [2.24, 2.45) is 4.99 Å². The number of hydrogen-bond acceptors (Lipinski definition) is 7. The molecule has 0 aliphatic carbocycles. The highest BCUT2D eigenvalue weighted by molar-refractivity contribution is 7.99. The third kappa shape index (κ3) is 5.74. The summed E-state index contributed by atoms with van der Waals surface area (Å²) in [6.07, 6.45) is 4.93. The number of hydrogen-bond donors (Lipinski definition) is 2. The molecule has 4 rings (SSSR count). The number of imidazole rings is 1. The number of benzene rings is 2. The zero-order valence-corrected chi connectivity index (χ0v) is 19.5. The Kier molecular flexibility index (Phi) is 6.99. The molecular formula is C22H23N5O4S2. The van der Waals surface area contributed by atoms with Gasteiger partial charge < -0.3 is 10.1 Å². The van der Waals surface area contributed by atoms with Crippen LogP contribution in [0.4, 0.5) is 5.69 Å². The van der Waals surface area contributed by atoms with Crippen LogP contribution in [0.25, 0.3) is 5.69 Å². The van der Waals surface area contributed by atoms with E-state index in [9.17, 15) is 13.2 Å². The number of carbonyl (C=O) groups excluding carboxylic acids is 1. The van der Waals surface area contributed by atoms with Crippen LogP contribution in [0.5, 0.6) is 5.75 Å². The second kappa shape index (κ2) is 10.1. The first kappa shape index (κ1) is 22.9. The van der Waals surface area contributed by atoms with Crippen molar-refractivity contribution in [3.05, 3.63) is 60.9 Å². The van der Waals surface area contributed by atoms with Gasteiger partial charge in [-0.3, -0.25) is 19.1 Å². The second-order valence-corrected chi connectivity index (χ2v) is 9.80.